The molecule has 3 heteroatoms. The van der Waals surface area contributed by atoms with Gasteiger partial charge in [-0.15, -0.1) is 0 Å². The Balaban J connectivity index is 2.41. The summed E-state index contributed by atoms with van der Waals surface area (Å²) >= 11 is 2.25. The van der Waals surface area contributed by atoms with E-state index in [-0.39, 0.29) is 6.42 Å². The van der Waals surface area contributed by atoms with Gasteiger partial charge in [-0.1, -0.05) is 12.1 Å². The van der Waals surface area contributed by atoms with Gasteiger partial charge in [-0.2, -0.15) is 0 Å². The molecule has 0 aliphatic carbocycles. The average molecular weight is 290 g/mol. The fourth-order valence-corrected chi connectivity index (χ4v) is 1.74. The molecule has 0 aliphatic rings. The van der Waals surface area contributed by atoms with Crippen molar-refractivity contribution in [3.8, 4) is 0 Å². The van der Waals surface area contributed by atoms with E-state index >= 15 is 0 Å². The number of hydrogen-bond acceptors (Lipinski definition) is 1. The van der Waals surface area contributed by atoms with Gasteiger partial charge in [-0.3, -0.25) is 4.79 Å². The topological polar surface area (TPSA) is 37.3 Å². The SMILES string of the molecule is O=C(O)CCCc1cccc(I)c1. The van der Waals surface area contributed by atoms with Crippen LogP contribution in [0.5, 0.6) is 0 Å². The molecule has 1 aromatic carbocycles. The maximum absolute atomic E-state index is 10.3. The molecule has 0 bridgehead atoms. The van der Waals surface area contributed by atoms with Crippen molar-refractivity contribution >= 4 is 28.6 Å². The van der Waals surface area contributed by atoms with Crippen LogP contribution in [0.3, 0.4) is 0 Å². The van der Waals surface area contributed by atoms with Crippen LogP contribution in [0.25, 0.3) is 0 Å². The number of carboxylic acid groups (broad SMARTS) is 1. The molecule has 0 atom stereocenters. The summed E-state index contributed by atoms with van der Waals surface area (Å²) in [5.41, 5.74) is 1.22. The normalized spacial score (nSPS) is 9.92. The first-order chi connectivity index (χ1) is 6.18. The Morgan fingerprint density at radius 2 is 2.23 bits per heavy atom. The molecule has 0 aromatic heterocycles. The van der Waals surface area contributed by atoms with Gasteiger partial charge in [0.15, 0.2) is 0 Å². The van der Waals surface area contributed by atoms with Gasteiger partial charge < -0.3 is 5.11 Å². The van der Waals surface area contributed by atoms with Gasteiger partial charge in [-0.25, -0.2) is 0 Å². The third-order valence-corrected chi connectivity index (χ3v) is 2.42. The second kappa shape index (κ2) is 5.21. The fraction of sp³-hybridized carbons (Fsp3) is 0.300. The molecule has 1 N–H and O–H groups in total. The Kier molecular flexibility index (Phi) is 4.21. The number of aliphatic carboxylic acids is 1. The van der Waals surface area contributed by atoms with Crippen molar-refractivity contribution in [2.45, 2.75) is 19.3 Å². The van der Waals surface area contributed by atoms with Crippen molar-refractivity contribution in [1.29, 1.82) is 0 Å². The fourth-order valence-electron chi connectivity index (χ4n) is 1.14. The number of benzene rings is 1. The number of hydrogen-bond donors (Lipinski definition) is 1. The zero-order valence-electron chi connectivity index (χ0n) is 7.16. The van der Waals surface area contributed by atoms with Crippen LogP contribution >= 0.6 is 22.6 Å². The number of carbonyl (C=O) groups is 1. The van der Waals surface area contributed by atoms with Crippen LogP contribution in [0.1, 0.15) is 18.4 Å². The average Bonchev–Trinajstić information content (AvgIpc) is 2.03. The molecule has 0 amide bonds. The molecule has 70 valence electrons. The van der Waals surface area contributed by atoms with Crippen molar-refractivity contribution in [3.63, 3.8) is 0 Å². The number of carboxylic acids is 1. The molecule has 0 aliphatic heterocycles. The van der Waals surface area contributed by atoms with Gasteiger partial charge in [0.25, 0.3) is 0 Å². The molecule has 0 fully saturated rings. The van der Waals surface area contributed by atoms with E-state index in [2.05, 4.69) is 28.7 Å². The lowest BCUT2D eigenvalue weighted by atomic mass is 10.1. The first-order valence-electron chi connectivity index (χ1n) is 4.15. The van der Waals surface area contributed by atoms with Crippen LogP contribution in [0.4, 0.5) is 0 Å². The van der Waals surface area contributed by atoms with Gasteiger partial charge in [0.2, 0.25) is 0 Å². The smallest absolute Gasteiger partial charge is 0.303 e. The Morgan fingerprint density at radius 3 is 2.85 bits per heavy atom. The zero-order chi connectivity index (χ0) is 9.68. The van der Waals surface area contributed by atoms with E-state index in [1.54, 1.807) is 0 Å². The Hall–Kier alpha value is -0.580. The Labute approximate surface area is 91.1 Å². The van der Waals surface area contributed by atoms with Gasteiger partial charge in [0.05, 0.1) is 0 Å². The minimum absolute atomic E-state index is 0.255. The number of halogens is 1. The van der Waals surface area contributed by atoms with Gasteiger partial charge >= 0.3 is 5.97 Å². The summed E-state index contributed by atoms with van der Waals surface area (Å²) in [6.07, 6.45) is 1.82. The summed E-state index contributed by atoms with van der Waals surface area (Å²) in [4.78, 5) is 10.3. The third kappa shape index (κ3) is 4.26. The van der Waals surface area contributed by atoms with Crippen LogP contribution in [0.15, 0.2) is 24.3 Å². The molecule has 0 unspecified atom stereocenters. The van der Waals surface area contributed by atoms with Crippen LogP contribution < -0.4 is 0 Å². The molecule has 0 saturated carbocycles. The second-order valence-corrected chi connectivity index (χ2v) is 4.12. The van der Waals surface area contributed by atoms with Gasteiger partial charge in [-0.05, 0) is 53.1 Å². The minimum Gasteiger partial charge on any atom is -0.481 e. The summed E-state index contributed by atoms with van der Waals surface area (Å²) in [5.74, 6) is -0.717. The monoisotopic (exact) mass is 290 g/mol. The Morgan fingerprint density at radius 1 is 1.46 bits per heavy atom. The molecule has 1 rings (SSSR count). The second-order valence-electron chi connectivity index (χ2n) is 2.88. The van der Waals surface area contributed by atoms with Crippen molar-refractivity contribution in [3.05, 3.63) is 33.4 Å². The van der Waals surface area contributed by atoms with Crippen molar-refractivity contribution in [2.24, 2.45) is 0 Å². The van der Waals surface area contributed by atoms with Crippen LogP contribution in [-0.2, 0) is 11.2 Å². The quantitative estimate of drug-likeness (QED) is 0.866. The predicted octanol–water partition coefficient (Wildman–Crippen LogP) is 2.70. The summed E-state index contributed by atoms with van der Waals surface area (Å²) in [7, 11) is 0. The van der Waals surface area contributed by atoms with E-state index in [0.29, 0.717) is 0 Å². The van der Waals surface area contributed by atoms with E-state index in [1.165, 1.54) is 9.13 Å². The summed E-state index contributed by atoms with van der Waals surface area (Å²) in [6, 6.07) is 8.14. The van der Waals surface area contributed by atoms with Crippen molar-refractivity contribution < 1.29 is 9.90 Å². The third-order valence-electron chi connectivity index (χ3n) is 1.75. The maximum atomic E-state index is 10.3. The van der Waals surface area contributed by atoms with Crippen molar-refractivity contribution in [1.82, 2.24) is 0 Å². The lowest BCUT2D eigenvalue weighted by Gasteiger charge is -1.99. The van der Waals surface area contributed by atoms with Crippen LogP contribution in [0, 0.1) is 3.57 Å². The highest BCUT2D eigenvalue weighted by molar-refractivity contribution is 14.1. The lowest BCUT2D eigenvalue weighted by molar-refractivity contribution is -0.137. The number of rotatable bonds is 4. The molecule has 13 heavy (non-hydrogen) atoms. The van der Waals surface area contributed by atoms with E-state index in [0.717, 1.165) is 12.8 Å². The zero-order valence-corrected chi connectivity index (χ0v) is 9.32. The van der Waals surface area contributed by atoms with Crippen LogP contribution in [-0.4, -0.2) is 11.1 Å². The standard InChI is InChI=1S/C10H11IO2/c11-9-5-1-3-8(7-9)4-2-6-10(12)13/h1,3,5,7H,2,4,6H2,(H,12,13). The highest BCUT2D eigenvalue weighted by atomic mass is 127. The molecule has 0 spiro atoms. The summed E-state index contributed by atoms with van der Waals surface area (Å²) in [5, 5.41) is 8.44. The molecular weight excluding hydrogens is 279 g/mol. The first kappa shape index (κ1) is 10.5. The molecule has 0 radical (unpaired) electrons. The van der Waals surface area contributed by atoms with E-state index in [9.17, 15) is 4.79 Å². The van der Waals surface area contributed by atoms with E-state index < -0.39 is 5.97 Å². The first-order valence-corrected chi connectivity index (χ1v) is 5.22. The molecule has 0 heterocycles. The molecular formula is C10H11IO2. The lowest BCUT2D eigenvalue weighted by Crippen LogP contribution is -1.95. The minimum atomic E-state index is -0.717. The number of aryl methyl sites for hydroxylation is 1. The maximum Gasteiger partial charge on any atom is 0.303 e. The predicted molar refractivity (Wildman–Crippen MR) is 59.7 cm³/mol. The molecule has 2 nitrogen and oxygen atoms in total. The summed E-state index contributed by atoms with van der Waals surface area (Å²) < 4.78 is 1.20. The van der Waals surface area contributed by atoms with E-state index in [1.807, 2.05) is 18.2 Å². The van der Waals surface area contributed by atoms with Gasteiger partial charge in [0, 0.05) is 9.99 Å². The molecule has 1 aromatic rings. The van der Waals surface area contributed by atoms with Crippen molar-refractivity contribution in [2.75, 3.05) is 0 Å². The largest absolute Gasteiger partial charge is 0.481 e. The van der Waals surface area contributed by atoms with Gasteiger partial charge in [0.1, 0.15) is 0 Å². The highest BCUT2D eigenvalue weighted by Crippen LogP contribution is 2.10. The van der Waals surface area contributed by atoms with Crippen LogP contribution in [0.2, 0.25) is 0 Å². The van der Waals surface area contributed by atoms with E-state index in [4.69, 9.17) is 5.11 Å². The molecule has 0 saturated heterocycles. The highest BCUT2D eigenvalue weighted by Gasteiger charge is 1.98. The summed E-state index contributed by atoms with van der Waals surface area (Å²) in [6.45, 7) is 0. The Bertz CT molecular complexity index is 297.